The molecule has 2 N–H and O–H groups in total. The summed E-state index contributed by atoms with van der Waals surface area (Å²) < 4.78 is 0. The van der Waals surface area contributed by atoms with Crippen LogP contribution in [-0.4, -0.2) is 23.5 Å². The lowest BCUT2D eigenvalue weighted by Crippen LogP contribution is -2.38. The van der Waals surface area contributed by atoms with Gasteiger partial charge in [-0.1, -0.05) is 19.1 Å². The van der Waals surface area contributed by atoms with Gasteiger partial charge in [-0.15, -0.1) is 0 Å². The lowest BCUT2D eigenvalue weighted by atomic mass is 10.1. The summed E-state index contributed by atoms with van der Waals surface area (Å²) in [5, 5.41) is 16.2. The molecule has 0 saturated heterocycles. The molecule has 0 aromatic heterocycles. The maximum atomic E-state index is 11.5. The monoisotopic (exact) mass is 263 g/mol. The van der Waals surface area contributed by atoms with Crippen LogP contribution in [0.3, 0.4) is 0 Å². The number of nitrogens with one attached hydrogen (secondary N) is 2. The van der Waals surface area contributed by atoms with Crippen molar-refractivity contribution in [1.29, 1.82) is 0 Å². The Morgan fingerprint density at radius 3 is 2.89 bits per heavy atom. The highest BCUT2D eigenvalue weighted by molar-refractivity contribution is 5.74. The number of hydrogen-bond acceptors (Lipinski definition) is 3. The van der Waals surface area contributed by atoms with Crippen molar-refractivity contribution in [3.8, 4) is 0 Å². The Balaban J connectivity index is 1.74. The second kappa shape index (κ2) is 5.69. The number of nitro groups is 1. The van der Waals surface area contributed by atoms with Gasteiger partial charge in [0.05, 0.1) is 4.92 Å². The predicted octanol–water partition coefficient (Wildman–Crippen LogP) is 1.84. The predicted molar refractivity (Wildman–Crippen MR) is 70.9 cm³/mol. The van der Waals surface area contributed by atoms with E-state index in [1.165, 1.54) is 12.1 Å². The minimum Gasteiger partial charge on any atom is -0.338 e. The number of carbonyl (C=O) groups excluding carboxylic acids is 1. The minimum atomic E-state index is -0.419. The third kappa shape index (κ3) is 3.94. The SMILES string of the molecule is CC1CC1NC(=O)NCCc1cccc([N+](=O)[O-])c1. The van der Waals surface area contributed by atoms with Crippen molar-refractivity contribution in [2.45, 2.75) is 25.8 Å². The largest absolute Gasteiger partial charge is 0.338 e. The zero-order valence-corrected chi connectivity index (χ0v) is 10.8. The fourth-order valence-electron chi connectivity index (χ4n) is 1.89. The fraction of sp³-hybridized carbons (Fsp3) is 0.462. The number of rotatable bonds is 5. The van der Waals surface area contributed by atoms with Crippen molar-refractivity contribution >= 4 is 11.7 Å². The molecule has 2 rings (SSSR count). The third-order valence-corrected chi connectivity index (χ3v) is 3.25. The molecule has 0 heterocycles. The van der Waals surface area contributed by atoms with Crippen LogP contribution in [0.1, 0.15) is 18.9 Å². The summed E-state index contributed by atoms with van der Waals surface area (Å²) in [6.07, 6.45) is 1.62. The minimum absolute atomic E-state index is 0.0776. The van der Waals surface area contributed by atoms with Crippen LogP contribution in [0.4, 0.5) is 10.5 Å². The van der Waals surface area contributed by atoms with Gasteiger partial charge in [0.1, 0.15) is 0 Å². The number of carbonyl (C=O) groups is 1. The molecule has 2 amide bonds. The van der Waals surface area contributed by atoms with Gasteiger partial charge in [-0.05, 0) is 24.3 Å². The normalized spacial score (nSPS) is 20.7. The van der Waals surface area contributed by atoms with Crippen molar-refractivity contribution in [3.63, 3.8) is 0 Å². The Morgan fingerprint density at radius 2 is 2.26 bits per heavy atom. The first kappa shape index (κ1) is 13.3. The molecule has 0 radical (unpaired) electrons. The lowest BCUT2D eigenvalue weighted by Gasteiger charge is -2.06. The van der Waals surface area contributed by atoms with Crippen LogP contribution >= 0.6 is 0 Å². The van der Waals surface area contributed by atoms with Gasteiger partial charge >= 0.3 is 6.03 Å². The molecular formula is C13H17N3O3. The molecule has 1 aromatic carbocycles. The Kier molecular flexibility index (Phi) is 3.99. The van der Waals surface area contributed by atoms with Crippen molar-refractivity contribution in [3.05, 3.63) is 39.9 Å². The quantitative estimate of drug-likeness (QED) is 0.628. The summed E-state index contributed by atoms with van der Waals surface area (Å²) in [5.74, 6) is 0.572. The summed E-state index contributed by atoms with van der Waals surface area (Å²) in [7, 11) is 0. The van der Waals surface area contributed by atoms with E-state index in [1.807, 2.05) is 6.07 Å². The van der Waals surface area contributed by atoms with Crippen LogP contribution in [0.25, 0.3) is 0 Å². The molecule has 6 nitrogen and oxygen atoms in total. The van der Waals surface area contributed by atoms with Gasteiger partial charge in [0, 0.05) is 24.7 Å². The Bertz CT molecular complexity index is 490. The van der Waals surface area contributed by atoms with Gasteiger partial charge in [0.15, 0.2) is 0 Å². The molecule has 1 aliphatic rings. The summed E-state index contributed by atoms with van der Waals surface area (Å²) in [5.41, 5.74) is 0.919. The Labute approximate surface area is 111 Å². The van der Waals surface area contributed by atoms with Crippen molar-refractivity contribution in [1.82, 2.24) is 10.6 Å². The number of nitrogens with zero attached hydrogens (tertiary/aromatic N) is 1. The number of benzene rings is 1. The molecule has 1 aliphatic carbocycles. The van der Waals surface area contributed by atoms with Crippen LogP contribution in [0.15, 0.2) is 24.3 Å². The summed E-state index contributed by atoms with van der Waals surface area (Å²) in [6, 6.07) is 6.59. The van der Waals surface area contributed by atoms with E-state index >= 15 is 0 Å². The molecule has 2 unspecified atom stereocenters. The highest BCUT2D eigenvalue weighted by Crippen LogP contribution is 2.28. The topological polar surface area (TPSA) is 84.3 Å². The van der Waals surface area contributed by atoms with Crippen LogP contribution in [0.5, 0.6) is 0 Å². The third-order valence-electron chi connectivity index (χ3n) is 3.25. The van der Waals surface area contributed by atoms with Gasteiger partial charge < -0.3 is 10.6 Å². The molecule has 1 aromatic rings. The maximum absolute atomic E-state index is 11.5. The molecule has 19 heavy (non-hydrogen) atoms. The van der Waals surface area contributed by atoms with E-state index in [2.05, 4.69) is 17.6 Å². The molecule has 6 heteroatoms. The van der Waals surface area contributed by atoms with E-state index < -0.39 is 4.92 Å². The zero-order chi connectivity index (χ0) is 13.8. The van der Waals surface area contributed by atoms with Crippen LogP contribution in [0, 0.1) is 16.0 Å². The van der Waals surface area contributed by atoms with Crippen LogP contribution in [-0.2, 0) is 6.42 Å². The molecular weight excluding hydrogens is 246 g/mol. The summed E-state index contributed by atoms with van der Waals surface area (Å²) in [6.45, 7) is 2.56. The molecule has 102 valence electrons. The average molecular weight is 263 g/mol. The van der Waals surface area contributed by atoms with Crippen LogP contribution < -0.4 is 10.6 Å². The van der Waals surface area contributed by atoms with Gasteiger partial charge in [-0.25, -0.2) is 4.79 Å². The highest BCUT2D eigenvalue weighted by atomic mass is 16.6. The van der Waals surface area contributed by atoms with Crippen molar-refractivity contribution in [2.75, 3.05) is 6.54 Å². The van der Waals surface area contributed by atoms with E-state index in [1.54, 1.807) is 6.07 Å². The smallest absolute Gasteiger partial charge is 0.315 e. The number of amides is 2. The first-order valence-corrected chi connectivity index (χ1v) is 6.34. The maximum Gasteiger partial charge on any atom is 0.315 e. The Hall–Kier alpha value is -2.11. The van der Waals surface area contributed by atoms with E-state index in [4.69, 9.17) is 0 Å². The zero-order valence-electron chi connectivity index (χ0n) is 10.8. The first-order valence-electron chi connectivity index (χ1n) is 6.34. The van der Waals surface area contributed by atoms with Gasteiger partial charge in [0.2, 0.25) is 0 Å². The number of urea groups is 1. The molecule has 1 fully saturated rings. The van der Waals surface area contributed by atoms with Gasteiger partial charge in [0.25, 0.3) is 5.69 Å². The highest BCUT2D eigenvalue weighted by Gasteiger charge is 2.33. The second-order valence-corrected chi connectivity index (χ2v) is 4.90. The van der Waals surface area contributed by atoms with Gasteiger partial charge in [-0.2, -0.15) is 0 Å². The lowest BCUT2D eigenvalue weighted by molar-refractivity contribution is -0.384. The summed E-state index contributed by atoms with van der Waals surface area (Å²) >= 11 is 0. The number of hydrogen-bond donors (Lipinski definition) is 2. The standard InChI is InChI=1S/C13H17N3O3/c1-9-7-12(9)15-13(17)14-6-5-10-3-2-4-11(8-10)16(18)19/h2-4,8-9,12H,5-7H2,1H3,(H2,14,15,17). The molecule has 0 aliphatic heterocycles. The van der Waals surface area contributed by atoms with E-state index in [-0.39, 0.29) is 11.7 Å². The van der Waals surface area contributed by atoms with Crippen LogP contribution in [0.2, 0.25) is 0 Å². The molecule has 2 atom stereocenters. The molecule has 0 spiro atoms. The van der Waals surface area contributed by atoms with Crippen molar-refractivity contribution < 1.29 is 9.72 Å². The molecule has 0 bridgehead atoms. The van der Waals surface area contributed by atoms with E-state index in [9.17, 15) is 14.9 Å². The second-order valence-electron chi connectivity index (χ2n) is 4.90. The number of non-ortho nitro benzene ring substituents is 1. The van der Waals surface area contributed by atoms with E-state index in [0.717, 1.165) is 12.0 Å². The fourth-order valence-corrected chi connectivity index (χ4v) is 1.89. The van der Waals surface area contributed by atoms with E-state index in [0.29, 0.717) is 24.9 Å². The van der Waals surface area contributed by atoms with Crippen molar-refractivity contribution in [2.24, 2.45) is 5.92 Å². The molecule has 1 saturated carbocycles. The van der Waals surface area contributed by atoms with Gasteiger partial charge in [-0.3, -0.25) is 10.1 Å². The Morgan fingerprint density at radius 1 is 1.53 bits per heavy atom. The first-order chi connectivity index (χ1) is 9.06. The number of nitro benzene ring substituents is 1. The summed E-state index contributed by atoms with van der Waals surface area (Å²) in [4.78, 5) is 21.7. The average Bonchev–Trinajstić information content (AvgIpc) is 3.05.